The standard InChI is InChI=1S/C10H12FNO2/c1-14-7-3-2-6(13)8(9(7)11)10(12)4-5-10/h2-3,13H,4-5,12H2,1H3. The summed E-state index contributed by atoms with van der Waals surface area (Å²) in [5.41, 5.74) is 5.32. The minimum atomic E-state index is -0.692. The maximum Gasteiger partial charge on any atom is 0.173 e. The summed E-state index contributed by atoms with van der Waals surface area (Å²) in [6.45, 7) is 0. The van der Waals surface area contributed by atoms with Crippen LogP contribution in [0.15, 0.2) is 12.1 Å². The van der Waals surface area contributed by atoms with Crippen LogP contribution >= 0.6 is 0 Å². The molecule has 1 fully saturated rings. The van der Waals surface area contributed by atoms with Gasteiger partial charge in [-0.2, -0.15) is 0 Å². The predicted molar refractivity (Wildman–Crippen MR) is 49.7 cm³/mol. The molecule has 1 aliphatic carbocycles. The van der Waals surface area contributed by atoms with Crippen LogP contribution in [0, 0.1) is 5.82 Å². The number of halogens is 1. The number of nitrogens with two attached hydrogens (primary N) is 1. The molecule has 14 heavy (non-hydrogen) atoms. The number of methoxy groups -OCH3 is 1. The average molecular weight is 197 g/mol. The van der Waals surface area contributed by atoms with E-state index in [9.17, 15) is 9.50 Å². The fraction of sp³-hybridized carbons (Fsp3) is 0.400. The van der Waals surface area contributed by atoms with E-state index in [0.717, 1.165) is 0 Å². The summed E-state index contributed by atoms with van der Waals surface area (Å²) < 4.78 is 18.5. The molecule has 4 heteroatoms. The molecule has 0 heterocycles. The van der Waals surface area contributed by atoms with Gasteiger partial charge >= 0.3 is 0 Å². The van der Waals surface area contributed by atoms with E-state index < -0.39 is 11.4 Å². The molecule has 1 aliphatic rings. The van der Waals surface area contributed by atoms with Crippen LogP contribution in [0.5, 0.6) is 11.5 Å². The van der Waals surface area contributed by atoms with Gasteiger partial charge in [-0.1, -0.05) is 0 Å². The Labute approximate surface area is 81.3 Å². The molecule has 1 saturated carbocycles. The minimum Gasteiger partial charge on any atom is -0.507 e. The zero-order chi connectivity index (χ0) is 10.3. The molecule has 3 N–H and O–H groups in total. The smallest absolute Gasteiger partial charge is 0.173 e. The largest absolute Gasteiger partial charge is 0.507 e. The molecule has 3 nitrogen and oxygen atoms in total. The van der Waals surface area contributed by atoms with Gasteiger partial charge in [-0.3, -0.25) is 0 Å². The van der Waals surface area contributed by atoms with Crippen LogP contribution in [0.1, 0.15) is 18.4 Å². The van der Waals surface area contributed by atoms with Crippen molar-refractivity contribution in [3.63, 3.8) is 0 Å². The van der Waals surface area contributed by atoms with Gasteiger partial charge in [0.05, 0.1) is 12.7 Å². The second-order valence-electron chi connectivity index (χ2n) is 3.63. The molecule has 0 radical (unpaired) electrons. The minimum absolute atomic E-state index is 0.0942. The van der Waals surface area contributed by atoms with Crippen molar-refractivity contribution in [2.75, 3.05) is 7.11 Å². The first kappa shape index (κ1) is 9.27. The van der Waals surface area contributed by atoms with Crippen molar-refractivity contribution in [3.05, 3.63) is 23.5 Å². The highest BCUT2D eigenvalue weighted by molar-refractivity contribution is 5.47. The molecule has 0 bridgehead atoms. The van der Waals surface area contributed by atoms with E-state index >= 15 is 0 Å². The van der Waals surface area contributed by atoms with Crippen molar-refractivity contribution < 1.29 is 14.2 Å². The number of hydrogen-bond acceptors (Lipinski definition) is 3. The lowest BCUT2D eigenvalue weighted by Gasteiger charge is -2.14. The van der Waals surface area contributed by atoms with Crippen molar-refractivity contribution in [1.29, 1.82) is 0 Å². The van der Waals surface area contributed by atoms with Crippen molar-refractivity contribution in [3.8, 4) is 11.5 Å². The third-order valence-electron chi connectivity index (χ3n) is 2.59. The van der Waals surface area contributed by atoms with Gasteiger partial charge < -0.3 is 15.6 Å². The summed E-state index contributed by atoms with van der Waals surface area (Å²) in [7, 11) is 1.38. The van der Waals surface area contributed by atoms with Gasteiger partial charge in [0, 0.05) is 5.54 Å². The maximum atomic E-state index is 13.7. The number of phenols is 1. The summed E-state index contributed by atoms with van der Waals surface area (Å²) in [6, 6.07) is 2.80. The first-order valence-electron chi connectivity index (χ1n) is 4.43. The van der Waals surface area contributed by atoms with Crippen molar-refractivity contribution in [1.82, 2.24) is 0 Å². The van der Waals surface area contributed by atoms with E-state index in [0.29, 0.717) is 12.8 Å². The highest BCUT2D eigenvalue weighted by Gasteiger charge is 2.44. The summed E-state index contributed by atoms with van der Waals surface area (Å²) in [6.07, 6.45) is 1.40. The Kier molecular flexibility index (Phi) is 1.89. The predicted octanol–water partition coefficient (Wildman–Crippen LogP) is 1.49. The van der Waals surface area contributed by atoms with Gasteiger partial charge in [0.2, 0.25) is 0 Å². The lowest BCUT2D eigenvalue weighted by atomic mass is 10.0. The Hall–Kier alpha value is -1.29. The van der Waals surface area contributed by atoms with Crippen LogP contribution in [0.2, 0.25) is 0 Å². The summed E-state index contributed by atoms with van der Waals surface area (Å²) in [5.74, 6) is -0.523. The van der Waals surface area contributed by atoms with E-state index in [1.54, 1.807) is 0 Å². The molecule has 1 aromatic rings. The van der Waals surface area contributed by atoms with Crippen LogP contribution in [-0.4, -0.2) is 12.2 Å². The van der Waals surface area contributed by atoms with Crippen molar-refractivity contribution in [2.45, 2.75) is 18.4 Å². The highest BCUT2D eigenvalue weighted by atomic mass is 19.1. The molecule has 0 spiro atoms. The second kappa shape index (κ2) is 2.85. The number of rotatable bonds is 2. The topological polar surface area (TPSA) is 55.5 Å². The third-order valence-corrected chi connectivity index (χ3v) is 2.59. The molecule has 0 atom stereocenters. The number of ether oxygens (including phenoxy) is 1. The van der Waals surface area contributed by atoms with E-state index in [4.69, 9.17) is 10.5 Å². The Morgan fingerprint density at radius 3 is 2.64 bits per heavy atom. The number of phenolic OH excluding ortho intramolecular Hbond substituents is 1. The third kappa shape index (κ3) is 1.23. The van der Waals surface area contributed by atoms with Crippen molar-refractivity contribution >= 4 is 0 Å². The van der Waals surface area contributed by atoms with Crippen LogP contribution in [0.3, 0.4) is 0 Å². The monoisotopic (exact) mass is 197 g/mol. The first-order valence-corrected chi connectivity index (χ1v) is 4.43. The SMILES string of the molecule is COc1ccc(O)c(C2(N)CC2)c1F. The van der Waals surface area contributed by atoms with Crippen LogP contribution in [0.25, 0.3) is 0 Å². The van der Waals surface area contributed by atoms with E-state index in [1.165, 1.54) is 19.2 Å². The number of benzene rings is 1. The van der Waals surface area contributed by atoms with Crippen LogP contribution < -0.4 is 10.5 Å². The molecular weight excluding hydrogens is 185 g/mol. The van der Waals surface area contributed by atoms with Gasteiger partial charge in [-0.25, -0.2) is 4.39 Å². The Bertz CT molecular complexity index is 375. The second-order valence-corrected chi connectivity index (χ2v) is 3.63. The van der Waals surface area contributed by atoms with Crippen molar-refractivity contribution in [2.24, 2.45) is 5.73 Å². The Balaban J connectivity index is 2.56. The Morgan fingerprint density at radius 2 is 2.14 bits per heavy atom. The van der Waals surface area contributed by atoms with Gasteiger partial charge in [-0.15, -0.1) is 0 Å². The first-order chi connectivity index (χ1) is 6.58. The molecule has 76 valence electrons. The number of aromatic hydroxyl groups is 1. The summed E-state index contributed by atoms with van der Waals surface area (Å²) in [4.78, 5) is 0. The lowest BCUT2D eigenvalue weighted by molar-refractivity contribution is 0.374. The van der Waals surface area contributed by atoms with E-state index in [2.05, 4.69) is 0 Å². The fourth-order valence-corrected chi connectivity index (χ4v) is 1.56. The molecule has 0 aromatic heterocycles. The zero-order valence-corrected chi connectivity index (χ0v) is 7.88. The molecule has 0 aliphatic heterocycles. The molecule has 2 rings (SSSR count). The van der Waals surface area contributed by atoms with E-state index in [-0.39, 0.29) is 17.1 Å². The van der Waals surface area contributed by atoms with Gasteiger partial charge in [0.1, 0.15) is 5.75 Å². The normalized spacial score (nSPS) is 17.9. The van der Waals surface area contributed by atoms with E-state index in [1.807, 2.05) is 0 Å². The molecule has 0 amide bonds. The zero-order valence-electron chi connectivity index (χ0n) is 7.88. The van der Waals surface area contributed by atoms with Crippen LogP contribution in [0.4, 0.5) is 4.39 Å². The van der Waals surface area contributed by atoms with Gasteiger partial charge in [0.25, 0.3) is 0 Å². The quantitative estimate of drug-likeness (QED) is 0.755. The number of hydrogen-bond donors (Lipinski definition) is 2. The maximum absolute atomic E-state index is 13.7. The molecular formula is C10H12FNO2. The average Bonchev–Trinajstić information content (AvgIpc) is 2.85. The Morgan fingerprint density at radius 1 is 1.50 bits per heavy atom. The fourth-order valence-electron chi connectivity index (χ4n) is 1.56. The summed E-state index contributed by atoms with van der Waals surface area (Å²) in [5, 5.41) is 9.51. The molecule has 1 aromatic carbocycles. The highest BCUT2D eigenvalue weighted by Crippen LogP contribution is 2.48. The molecule has 0 saturated heterocycles. The molecule has 0 unspecified atom stereocenters. The van der Waals surface area contributed by atoms with Gasteiger partial charge in [-0.05, 0) is 25.0 Å². The van der Waals surface area contributed by atoms with Gasteiger partial charge in [0.15, 0.2) is 11.6 Å². The van der Waals surface area contributed by atoms with Crippen LogP contribution in [-0.2, 0) is 5.54 Å². The lowest BCUT2D eigenvalue weighted by Crippen LogP contribution is -2.20. The summed E-state index contributed by atoms with van der Waals surface area (Å²) >= 11 is 0.